The summed E-state index contributed by atoms with van der Waals surface area (Å²) in [5, 5.41) is 10.8. The van der Waals surface area contributed by atoms with Crippen LogP contribution in [0.1, 0.15) is 43.5 Å². The highest BCUT2D eigenvalue weighted by Crippen LogP contribution is 2.40. The predicted molar refractivity (Wildman–Crippen MR) is 78.3 cm³/mol. The van der Waals surface area contributed by atoms with E-state index >= 15 is 0 Å². The molecular formula is C15H20N2O3. The van der Waals surface area contributed by atoms with Gasteiger partial charge < -0.3 is 4.90 Å². The summed E-state index contributed by atoms with van der Waals surface area (Å²) in [6.45, 7) is 6.21. The minimum Gasteiger partial charge on any atom is -0.370 e. The van der Waals surface area contributed by atoms with Crippen LogP contribution in [0.2, 0.25) is 0 Å². The number of hydrogen-bond donors (Lipinski definition) is 0. The quantitative estimate of drug-likeness (QED) is 0.469. The van der Waals surface area contributed by atoms with Crippen molar-refractivity contribution in [2.45, 2.75) is 33.1 Å². The van der Waals surface area contributed by atoms with E-state index in [1.165, 1.54) is 12.1 Å². The Morgan fingerprint density at radius 3 is 2.60 bits per heavy atom. The van der Waals surface area contributed by atoms with Gasteiger partial charge >= 0.3 is 0 Å². The zero-order valence-electron chi connectivity index (χ0n) is 12.0. The van der Waals surface area contributed by atoms with Crippen LogP contribution in [0.3, 0.4) is 0 Å². The van der Waals surface area contributed by atoms with Gasteiger partial charge in [-0.3, -0.25) is 14.9 Å². The summed E-state index contributed by atoms with van der Waals surface area (Å²) in [6.07, 6.45) is 4.04. The number of nitrogens with zero attached hydrogens (tertiary/aromatic N) is 2. The van der Waals surface area contributed by atoms with Crippen LogP contribution in [0.5, 0.6) is 0 Å². The fourth-order valence-corrected chi connectivity index (χ4v) is 3.01. The lowest BCUT2D eigenvalue weighted by atomic mass is 9.82. The molecule has 0 bridgehead atoms. The van der Waals surface area contributed by atoms with Gasteiger partial charge in [-0.25, -0.2) is 0 Å². The molecule has 0 aliphatic carbocycles. The monoisotopic (exact) mass is 276 g/mol. The second-order valence-corrected chi connectivity index (χ2v) is 5.50. The van der Waals surface area contributed by atoms with Crippen molar-refractivity contribution in [3.63, 3.8) is 0 Å². The van der Waals surface area contributed by atoms with Gasteiger partial charge in [0.25, 0.3) is 5.69 Å². The Morgan fingerprint density at radius 1 is 1.40 bits per heavy atom. The predicted octanol–water partition coefficient (Wildman–Crippen LogP) is 3.42. The van der Waals surface area contributed by atoms with Crippen LogP contribution in [-0.4, -0.2) is 24.3 Å². The lowest BCUT2D eigenvalue weighted by Gasteiger charge is -2.27. The summed E-state index contributed by atoms with van der Waals surface area (Å²) < 4.78 is 0. The summed E-state index contributed by atoms with van der Waals surface area (Å²) in [5.41, 5.74) is 1.49. The van der Waals surface area contributed by atoms with Gasteiger partial charge in [-0.05, 0) is 30.7 Å². The third-order valence-corrected chi connectivity index (χ3v) is 4.63. The smallest absolute Gasteiger partial charge is 0.270 e. The van der Waals surface area contributed by atoms with Crippen LogP contribution in [0.4, 0.5) is 11.4 Å². The van der Waals surface area contributed by atoms with Crippen molar-refractivity contribution >= 4 is 17.7 Å². The Hall–Kier alpha value is -1.91. The van der Waals surface area contributed by atoms with E-state index in [2.05, 4.69) is 18.7 Å². The van der Waals surface area contributed by atoms with Crippen LogP contribution >= 0.6 is 0 Å². The molecule has 5 heteroatoms. The molecule has 2 rings (SSSR count). The Morgan fingerprint density at radius 2 is 2.10 bits per heavy atom. The first-order chi connectivity index (χ1) is 9.55. The van der Waals surface area contributed by atoms with Crippen molar-refractivity contribution in [3.8, 4) is 0 Å². The molecule has 0 N–H and O–H groups in total. The average molecular weight is 276 g/mol. The van der Waals surface area contributed by atoms with Gasteiger partial charge in [0.2, 0.25) is 0 Å². The Balaban J connectivity index is 2.30. The highest BCUT2D eigenvalue weighted by atomic mass is 16.6. The summed E-state index contributed by atoms with van der Waals surface area (Å²) in [7, 11) is 0. The number of carbonyl (C=O) groups excluding carboxylic acids is 1. The van der Waals surface area contributed by atoms with E-state index in [0.29, 0.717) is 17.3 Å². The number of rotatable bonds is 5. The van der Waals surface area contributed by atoms with E-state index in [-0.39, 0.29) is 5.69 Å². The van der Waals surface area contributed by atoms with E-state index in [4.69, 9.17) is 0 Å². The molecule has 1 aromatic rings. The van der Waals surface area contributed by atoms with Gasteiger partial charge in [-0.2, -0.15) is 0 Å². The van der Waals surface area contributed by atoms with E-state index in [1.54, 1.807) is 6.07 Å². The number of carbonyl (C=O) groups is 1. The maximum Gasteiger partial charge on any atom is 0.270 e. The van der Waals surface area contributed by atoms with Crippen molar-refractivity contribution in [1.82, 2.24) is 0 Å². The van der Waals surface area contributed by atoms with Crippen molar-refractivity contribution in [3.05, 3.63) is 33.9 Å². The topological polar surface area (TPSA) is 63.4 Å². The van der Waals surface area contributed by atoms with E-state index in [1.807, 2.05) is 0 Å². The second kappa shape index (κ2) is 5.61. The largest absolute Gasteiger partial charge is 0.370 e. The van der Waals surface area contributed by atoms with Gasteiger partial charge in [0.1, 0.15) is 0 Å². The summed E-state index contributed by atoms with van der Waals surface area (Å²) in [5.74, 6) is 0. The van der Waals surface area contributed by atoms with Gasteiger partial charge in [-0.1, -0.05) is 13.8 Å². The number of aldehydes is 1. The standard InChI is InChI=1S/C15H20N2O3/c1-3-15(4-2)7-8-16(11-15)14-6-5-13(17(19)20)9-12(14)10-18/h5-6,9-10H,3-4,7-8,11H2,1-2H3. The van der Waals surface area contributed by atoms with E-state index in [9.17, 15) is 14.9 Å². The minimum absolute atomic E-state index is 0.0349. The van der Waals surface area contributed by atoms with Crippen LogP contribution in [-0.2, 0) is 0 Å². The molecular weight excluding hydrogens is 256 g/mol. The molecule has 1 saturated heterocycles. The summed E-state index contributed by atoms with van der Waals surface area (Å²) in [6, 6.07) is 4.53. The van der Waals surface area contributed by atoms with E-state index < -0.39 is 4.92 Å². The molecule has 0 saturated carbocycles. The number of non-ortho nitro benzene ring substituents is 1. The lowest BCUT2D eigenvalue weighted by molar-refractivity contribution is -0.384. The molecule has 1 fully saturated rings. The van der Waals surface area contributed by atoms with Crippen LogP contribution < -0.4 is 4.90 Å². The molecule has 0 unspecified atom stereocenters. The fourth-order valence-electron chi connectivity index (χ4n) is 3.01. The molecule has 1 aliphatic rings. The molecule has 1 aliphatic heterocycles. The Bertz CT molecular complexity index is 524. The van der Waals surface area contributed by atoms with E-state index in [0.717, 1.165) is 38.0 Å². The molecule has 1 aromatic carbocycles. The first kappa shape index (κ1) is 14.5. The zero-order chi connectivity index (χ0) is 14.8. The normalized spacial score (nSPS) is 17.2. The summed E-state index contributed by atoms with van der Waals surface area (Å²) >= 11 is 0. The molecule has 1 heterocycles. The Kier molecular flexibility index (Phi) is 4.06. The third-order valence-electron chi connectivity index (χ3n) is 4.63. The van der Waals surface area contributed by atoms with Crippen molar-refractivity contribution in [2.75, 3.05) is 18.0 Å². The molecule has 0 radical (unpaired) electrons. The van der Waals surface area contributed by atoms with Gasteiger partial charge in [0, 0.05) is 36.5 Å². The van der Waals surface area contributed by atoms with Crippen molar-refractivity contribution in [2.24, 2.45) is 5.41 Å². The molecule has 0 aromatic heterocycles. The molecule has 20 heavy (non-hydrogen) atoms. The van der Waals surface area contributed by atoms with Crippen molar-refractivity contribution < 1.29 is 9.72 Å². The second-order valence-electron chi connectivity index (χ2n) is 5.50. The number of nitro benzene ring substituents is 1. The molecule has 108 valence electrons. The number of nitro groups is 1. The molecule has 0 spiro atoms. The minimum atomic E-state index is -0.469. The van der Waals surface area contributed by atoms with Crippen LogP contribution in [0, 0.1) is 15.5 Å². The Labute approximate surface area is 118 Å². The number of anilines is 1. The van der Waals surface area contributed by atoms with Crippen LogP contribution in [0.25, 0.3) is 0 Å². The van der Waals surface area contributed by atoms with Gasteiger partial charge in [0.05, 0.1) is 4.92 Å². The fraction of sp³-hybridized carbons (Fsp3) is 0.533. The first-order valence-corrected chi connectivity index (χ1v) is 7.04. The maximum atomic E-state index is 11.2. The van der Waals surface area contributed by atoms with Crippen molar-refractivity contribution in [1.29, 1.82) is 0 Å². The van der Waals surface area contributed by atoms with Gasteiger partial charge in [0.15, 0.2) is 6.29 Å². The first-order valence-electron chi connectivity index (χ1n) is 7.04. The highest BCUT2D eigenvalue weighted by molar-refractivity contribution is 5.86. The summed E-state index contributed by atoms with van der Waals surface area (Å²) in [4.78, 5) is 23.7. The highest BCUT2D eigenvalue weighted by Gasteiger charge is 2.35. The SMILES string of the molecule is CCC1(CC)CCN(c2ccc([N+](=O)[O-])cc2C=O)C1. The molecule has 0 amide bonds. The zero-order valence-corrected chi connectivity index (χ0v) is 12.0. The number of hydrogen-bond acceptors (Lipinski definition) is 4. The third kappa shape index (κ3) is 2.53. The molecule has 0 atom stereocenters. The van der Waals surface area contributed by atoms with Gasteiger partial charge in [-0.15, -0.1) is 0 Å². The maximum absolute atomic E-state index is 11.2. The average Bonchev–Trinajstić information content (AvgIpc) is 2.91. The lowest BCUT2D eigenvalue weighted by Crippen LogP contribution is -2.26. The number of benzene rings is 1. The molecule has 5 nitrogen and oxygen atoms in total. The van der Waals surface area contributed by atoms with Crippen LogP contribution in [0.15, 0.2) is 18.2 Å².